The summed E-state index contributed by atoms with van der Waals surface area (Å²) in [6, 6.07) is 14.3. The van der Waals surface area contributed by atoms with Gasteiger partial charge in [0.1, 0.15) is 12.2 Å². The van der Waals surface area contributed by atoms with Crippen LogP contribution in [0.4, 0.5) is 11.4 Å². The van der Waals surface area contributed by atoms with Crippen molar-refractivity contribution in [1.82, 2.24) is 5.32 Å². The number of benzene rings is 2. The molecule has 0 aliphatic heterocycles. The first kappa shape index (κ1) is 31.1. The van der Waals surface area contributed by atoms with Gasteiger partial charge >= 0.3 is 5.97 Å². The molecule has 2 aromatic carbocycles. The summed E-state index contributed by atoms with van der Waals surface area (Å²) in [5.74, 6) is -1.55. The zero-order valence-corrected chi connectivity index (χ0v) is 24.5. The largest absolute Gasteiger partial charge is 0.456 e. The Morgan fingerprint density at radius 2 is 1.65 bits per heavy atom. The molecule has 12 heteroatoms. The summed E-state index contributed by atoms with van der Waals surface area (Å²) in [7, 11) is 0. The summed E-state index contributed by atoms with van der Waals surface area (Å²) >= 11 is 12.6. The Kier molecular flexibility index (Phi) is 11.1. The molecular formula is C28H29Cl2N3O6S. The minimum absolute atomic E-state index is 0.0252. The van der Waals surface area contributed by atoms with E-state index in [0.29, 0.717) is 20.5 Å². The Morgan fingerprint density at radius 1 is 0.925 bits per heavy atom. The summed E-state index contributed by atoms with van der Waals surface area (Å²) in [4.78, 5) is 51.2. The third kappa shape index (κ3) is 9.34. The van der Waals surface area contributed by atoms with Gasteiger partial charge in [0.25, 0.3) is 11.8 Å². The Labute approximate surface area is 246 Å². The van der Waals surface area contributed by atoms with Crippen LogP contribution in [0.3, 0.4) is 0 Å². The predicted molar refractivity (Wildman–Crippen MR) is 157 cm³/mol. The number of thiophene rings is 1. The highest BCUT2D eigenvalue weighted by atomic mass is 35.5. The first-order valence-corrected chi connectivity index (χ1v) is 13.9. The van der Waals surface area contributed by atoms with Crippen LogP contribution in [-0.4, -0.2) is 48.4 Å². The van der Waals surface area contributed by atoms with E-state index in [1.165, 1.54) is 12.1 Å². The number of carbonyl (C=O) groups excluding carboxylic acids is 4. The molecule has 0 radical (unpaired) electrons. The van der Waals surface area contributed by atoms with Gasteiger partial charge in [-0.05, 0) is 68.8 Å². The molecule has 9 nitrogen and oxygen atoms in total. The number of halogens is 2. The first-order valence-electron chi connectivity index (χ1n) is 12.2. The number of ether oxygens (including phenoxy) is 2. The lowest BCUT2D eigenvalue weighted by molar-refractivity contribution is -0.120. The SMILES string of the molecule is CC(C)(C)OC(=O)c1cccc(CNC(=O)c2ccc(Cl)s2)c1NC(=O)c1ccc(NC(=O)COCCCl)cc1. The van der Waals surface area contributed by atoms with Gasteiger partial charge in [-0.2, -0.15) is 0 Å². The van der Waals surface area contributed by atoms with E-state index in [1.54, 1.807) is 63.2 Å². The number of amides is 3. The second kappa shape index (κ2) is 14.3. The summed E-state index contributed by atoms with van der Waals surface area (Å²) in [5, 5.41) is 8.25. The molecule has 3 N–H and O–H groups in total. The van der Waals surface area contributed by atoms with Gasteiger partial charge in [0, 0.05) is 23.7 Å². The monoisotopic (exact) mass is 605 g/mol. The summed E-state index contributed by atoms with van der Waals surface area (Å²) in [6.45, 7) is 5.36. The smallest absolute Gasteiger partial charge is 0.340 e. The number of hydrogen-bond donors (Lipinski definition) is 3. The van der Waals surface area contributed by atoms with Gasteiger partial charge in [-0.1, -0.05) is 23.7 Å². The highest BCUT2D eigenvalue weighted by Gasteiger charge is 2.24. The minimum atomic E-state index is -0.768. The lowest BCUT2D eigenvalue weighted by Crippen LogP contribution is -2.27. The molecule has 3 amide bonds. The first-order chi connectivity index (χ1) is 19.0. The predicted octanol–water partition coefficient (Wildman–Crippen LogP) is 5.73. The van der Waals surface area contributed by atoms with E-state index >= 15 is 0 Å². The van der Waals surface area contributed by atoms with E-state index in [0.717, 1.165) is 11.3 Å². The van der Waals surface area contributed by atoms with Crippen LogP contribution in [0.5, 0.6) is 0 Å². The molecule has 0 aliphatic rings. The maximum Gasteiger partial charge on any atom is 0.340 e. The van der Waals surface area contributed by atoms with E-state index in [1.807, 2.05) is 0 Å². The lowest BCUT2D eigenvalue weighted by Gasteiger charge is -2.22. The molecule has 3 aromatic rings. The Balaban J connectivity index is 1.80. The standard InChI is InChI=1S/C28H29Cl2N3O6S/c1-28(2,3)39-27(37)20-6-4-5-18(15-31-26(36)21-11-12-22(30)40-21)24(20)33-25(35)17-7-9-19(10-8-17)32-23(34)16-38-14-13-29/h4-12H,13-16H2,1-3H3,(H,31,36)(H,32,34)(H,33,35). The topological polar surface area (TPSA) is 123 Å². The van der Waals surface area contributed by atoms with E-state index in [4.69, 9.17) is 32.7 Å². The van der Waals surface area contributed by atoms with Crippen LogP contribution in [0.2, 0.25) is 4.34 Å². The molecule has 1 heterocycles. The van der Waals surface area contributed by atoms with Crippen molar-refractivity contribution in [3.8, 4) is 0 Å². The van der Waals surface area contributed by atoms with Gasteiger partial charge in [-0.3, -0.25) is 14.4 Å². The minimum Gasteiger partial charge on any atom is -0.456 e. The molecule has 0 aliphatic carbocycles. The van der Waals surface area contributed by atoms with Crippen LogP contribution in [0.25, 0.3) is 0 Å². The zero-order valence-electron chi connectivity index (χ0n) is 22.1. The van der Waals surface area contributed by atoms with Crippen molar-refractivity contribution in [2.24, 2.45) is 0 Å². The number of anilines is 2. The number of nitrogens with one attached hydrogen (secondary N) is 3. The summed E-state index contributed by atoms with van der Waals surface area (Å²) in [5.41, 5.74) is 0.820. The fourth-order valence-corrected chi connectivity index (χ4v) is 4.47. The molecule has 0 spiro atoms. The maximum absolute atomic E-state index is 13.2. The van der Waals surface area contributed by atoms with E-state index in [2.05, 4.69) is 16.0 Å². The molecule has 0 atom stereocenters. The Morgan fingerprint density at radius 3 is 2.27 bits per heavy atom. The van der Waals surface area contributed by atoms with Crippen molar-refractivity contribution in [3.63, 3.8) is 0 Å². The third-order valence-corrected chi connectivity index (χ3v) is 6.51. The summed E-state index contributed by atoms with van der Waals surface area (Å²) < 4.78 is 11.1. The van der Waals surface area contributed by atoms with E-state index in [-0.39, 0.29) is 54.3 Å². The molecule has 0 saturated carbocycles. The van der Waals surface area contributed by atoms with Gasteiger partial charge in [-0.25, -0.2) is 4.79 Å². The lowest BCUT2D eigenvalue weighted by atomic mass is 10.0. The average Bonchev–Trinajstić information content (AvgIpc) is 3.33. The highest BCUT2D eigenvalue weighted by Crippen LogP contribution is 2.26. The number of para-hydroxylation sites is 1. The molecule has 0 saturated heterocycles. The third-order valence-electron chi connectivity index (χ3n) is 5.13. The number of carbonyl (C=O) groups is 4. The van der Waals surface area contributed by atoms with Crippen molar-refractivity contribution in [2.45, 2.75) is 32.9 Å². The highest BCUT2D eigenvalue weighted by molar-refractivity contribution is 7.18. The fourth-order valence-electron chi connectivity index (χ4n) is 3.40. The van der Waals surface area contributed by atoms with E-state index < -0.39 is 17.5 Å². The summed E-state index contributed by atoms with van der Waals surface area (Å²) in [6.07, 6.45) is 0. The zero-order chi connectivity index (χ0) is 29.3. The molecule has 0 fully saturated rings. The van der Waals surface area contributed by atoms with Crippen LogP contribution in [0, 0.1) is 0 Å². The number of alkyl halides is 1. The van der Waals surface area contributed by atoms with Gasteiger partial charge in [0.05, 0.1) is 27.1 Å². The van der Waals surface area contributed by atoms with Crippen LogP contribution < -0.4 is 16.0 Å². The van der Waals surface area contributed by atoms with Gasteiger partial charge in [0.2, 0.25) is 5.91 Å². The van der Waals surface area contributed by atoms with Crippen LogP contribution >= 0.6 is 34.5 Å². The van der Waals surface area contributed by atoms with E-state index in [9.17, 15) is 19.2 Å². The van der Waals surface area contributed by atoms with Crippen molar-refractivity contribution >= 4 is 69.6 Å². The molecule has 3 rings (SSSR count). The van der Waals surface area contributed by atoms with Gasteiger partial charge in [0.15, 0.2) is 0 Å². The molecule has 212 valence electrons. The number of hydrogen-bond acceptors (Lipinski definition) is 7. The normalized spacial score (nSPS) is 11.0. The van der Waals surface area contributed by atoms with Gasteiger partial charge in [-0.15, -0.1) is 22.9 Å². The number of rotatable bonds is 11. The second-order valence-electron chi connectivity index (χ2n) is 9.45. The molecule has 1 aromatic heterocycles. The molecule has 0 bridgehead atoms. The molecule has 40 heavy (non-hydrogen) atoms. The Bertz CT molecular complexity index is 1370. The quantitative estimate of drug-likeness (QED) is 0.146. The van der Waals surface area contributed by atoms with Crippen molar-refractivity contribution in [2.75, 3.05) is 29.7 Å². The molecular weight excluding hydrogens is 577 g/mol. The van der Waals surface area contributed by atoms with Gasteiger partial charge < -0.3 is 25.4 Å². The Hall–Kier alpha value is -3.44. The number of esters is 1. The molecule has 0 unspecified atom stereocenters. The van der Waals surface area contributed by atoms with Crippen LogP contribution in [0.1, 0.15) is 56.7 Å². The van der Waals surface area contributed by atoms with Crippen LogP contribution in [-0.2, 0) is 20.8 Å². The second-order valence-corrected chi connectivity index (χ2v) is 11.5. The fraction of sp³-hybridized carbons (Fsp3) is 0.286. The van der Waals surface area contributed by atoms with Crippen molar-refractivity contribution in [1.29, 1.82) is 0 Å². The van der Waals surface area contributed by atoms with Crippen molar-refractivity contribution in [3.05, 3.63) is 80.5 Å². The average molecular weight is 607 g/mol. The maximum atomic E-state index is 13.2. The van der Waals surface area contributed by atoms with Crippen LogP contribution in [0.15, 0.2) is 54.6 Å². The van der Waals surface area contributed by atoms with Crippen molar-refractivity contribution < 1.29 is 28.7 Å².